The SMILES string of the molecule is CC(C)(C)SSCCC(=O)OCC#N. The van der Waals surface area contributed by atoms with Gasteiger partial charge in [-0.1, -0.05) is 42.4 Å². The maximum absolute atomic E-state index is 10.9. The number of esters is 1. The summed E-state index contributed by atoms with van der Waals surface area (Å²) in [5, 5.41) is 8.16. The Morgan fingerprint density at radius 2 is 2.14 bits per heavy atom. The molecule has 0 N–H and O–H groups in total. The minimum atomic E-state index is -0.298. The third-order valence-electron chi connectivity index (χ3n) is 0.996. The summed E-state index contributed by atoms with van der Waals surface area (Å²) in [5.41, 5.74) is 0. The molecule has 0 aromatic carbocycles. The molecule has 0 saturated carbocycles. The van der Waals surface area contributed by atoms with Crippen molar-refractivity contribution in [3.8, 4) is 6.07 Å². The van der Waals surface area contributed by atoms with Gasteiger partial charge in [0.05, 0.1) is 6.42 Å². The molecule has 0 radical (unpaired) electrons. The van der Waals surface area contributed by atoms with Crippen LogP contribution in [0.25, 0.3) is 0 Å². The highest BCUT2D eigenvalue weighted by Gasteiger charge is 2.11. The third-order valence-corrected chi connectivity index (χ3v) is 4.34. The molecule has 0 bridgehead atoms. The molecule has 0 rings (SSSR count). The molecule has 80 valence electrons. The number of ether oxygens (including phenoxy) is 1. The Morgan fingerprint density at radius 1 is 1.50 bits per heavy atom. The van der Waals surface area contributed by atoms with E-state index < -0.39 is 0 Å². The van der Waals surface area contributed by atoms with E-state index in [0.29, 0.717) is 6.42 Å². The van der Waals surface area contributed by atoms with Gasteiger partial charge in [0.2, 0.25) is 0 Å². The molecule has 0 fully saturated rings. The van der Waals surface area contributed by atoms with E-state index in [1.807, 2.05) is 0 Å². The van der Waals surface area contributed by atoms with Crippen LogP contribution < -0.4 is 0 Å². The van der Waals surface area contributed by atoms with Crippen molar-refractivity contribution < 1.29 is 9.53 Å². The van der Waals surface area contributed by atoms with E-state index in [2.05, 4.69) is 25.5 Å². The van der Waals surface area contributed by atoms with Crippen LogP contribution in [0, 0.1) is 11.3 Å². The van der Waals surface area contributed by atoms with Crippen molar-refractivity contribution in [3.05, 3.63) is 0 Å². The van der Waals surface area contributed by atoms with Crippen LogP contribution in [0.1, 0.15) is 27.2 Å². The molecule has 3 nitrogen and oxygen atoms in total. The Labute approximate surface area is 93.0 Å². The van der Waals surface area contributed by atoms with E-state index in [9.17, 15) is 4.79 Å². The molecule has 0 aliphatic carbocycles. The van der Waals surface area contributed by atoms with Gasteiger partial charge in [0, 0.05) is 10.5 Å². The minimum absolute atomic E-state index is 0.143. The normalized spacial score (nSPS) is 10.7. The van der Waals surface area contributed by atoms with Crippen molar-refractivity contribution in [2.24, 2.45) is 0 Å². The van der Waals surface area contributed by atoms with Crippen molar-refractivity contribution in [1.29, 1.82) is 5.26 Å². The Kier molecular flexibility index (Phi) is 6.85. The van der Waals surface area contributed by atoms with Crippen molar-refractivity contribution in [2.75, 3.05) is 12.4 Å². The first-order chi connectivity index (χ1) is 6.45. The molecule has 0 heterocycles. The second kappa shape index (κ2) is 7.02. The molecule has 0 aromatic rings. The second-order valence-electron chi connectivity index (χ2n) is 3.59. The zero-order chi connectivity index (χ0) is 11.0. The molecule has 0 saturated heterocycles. The van der Waals surface area contributed by atoms with Gasteiger partial charge in [-0.25, -0.2) is 0 Å². The maximum Gasteiger partial charge on any atom is 0.307 e. The van der Waals surface area contributed by atoms with Gasteiger partial charge in [-0.2, -0.15) is 5.26 Å². The lowest BCUT2D eigenvalue weighted by Gasteiger charge is -2.15. The number of hydrogen-bond acceptors (Lipinski definition) is 5. The van der Waals surface area contributed by atoms with Crippen LogP contribution in [0.3, 0.4) is 0 Å². The quantitative estimate of drug-likeness (QED) is 0.415. The van der Waals surface area contributed by atoms with Crippen LogP contribution in [0.5, 0.6) is 0 Å². The molecule has 0 aliphatic rings. The van der Waals surface area contributed by atoms with Crippen LogP contribution >= 0.6 is 21.6 Å². The van der Waals surface area contributed by atoms with E-state index in [-0.39, 0.29) is 17.3 Å². The molecule has 0 atom stereocenters. The lowest BCUT2D eigenvalue weighted by atomic mass is 10.3. The van der Waals surface area contributed by atoms with E-state index in [4.69, 9.17) is 5.26 Å². The Bertz CT molecular complexity index is 218. The van der Waals surface area contributed by atoms with Crippen LogP contribution in [0.15, 0.2) is 0 Å². The molecular weight excluding hydrogens is 218 g/mol. The second-order valence-corrected chi connectivity index (χ2v) is 6.83. The van der Waals surface area contributed by atoms with Gasteiger partial charge >= 0.3 is 5.97 Å². The number of carbonyl (C=O) groups is 1. The van der Waals surface area contributed by atoms with E-state index in [0.717, 1.165) is 5.75 Å². The smallest absolute Gasteiger partial charge is 0.307 e. The first kappa shape index (κ1) is 13.7. The average molecular weight is 233 g/mol. The molecule has 0 unspecified atom stereocenters. The lowest BCUT2D eigenvalue weighted by molar-refractivity contribution is -0.141. The summed E-state index contributed by atoms with van der Waals surface area (Å²) in [6, 6.07) is 1.76. The van der Waals surface area contributed by atoms with Crippen molar-refractivity contribution in [1.82, 2.24) is 0 Å². The van der Waals surface area contributed by atoms with Gasteiger partial charge < -0.3 is 4.74 Å². The lowest BCUT2D eigenvalue weighted by Crippen LogP contribution is -2.07. The summed E-state index contributed by atoms with van der Waals surface area (Å²) in [4.78, 5) is 10.9. The number of rotatable bonds is 5. The number of nitriles is 1. The van der Waals surface area contributed by atoms with Crippen molar-refractivity contribution >= 4 is 27.6 Å². The predicted octanol–water partition coefficient (Wildman–Crippen LogP) is 2.62. The zero-order valence-electron chi connectivity index (χ0n) is 8.70. The number of carbonyl (C=O) groups excluding carboxylic acids is 1. The van der Waals surface area contributed by atoms with Gasteiger partial charge in [0.15, 0.2) is 6.61 Å². The third kappa shape index (κ3) is 9.75. The molecule has 0 amide bonds. The van der Waals surface area contributed by atoms with Gasteiger partial charge in [-0.05, 0) is 0 Å². The van der Waals surface area contributed by atoms with Crippen LogP contribution in [0.4, 0.5) is 0 Å². The predicted molar refractivity (Wildman–Crippen MR) is 61.0 cm³/mol. The molecule has 14 heavy (non-hydrogen) atoms. The molecular formula is C9H15NO2S2. The topological polar surface area (TPSA) is 50.1 Å². The summed E-state index contributed by atoms with van der Waals surface area (Å²) in [5.74, 6) is 0.431. The average Bonchev–Trinajstić information content (AvgIpc) is 2.07. The standard InChI is InChI=1S/C9H15NO2S2/c1-9(2,3)14-13-7-4-8(11)12-6-5-10/h4,6-7H2,1-3H3. The number of hydrogen-bond donors (Lipinski definition) is 0. The Morgan fingerprint density at radius 3 is 2.64 bits per heavy atom. The summed E-state index contributed by atoms with van der Waals surface area (Å²) in [6.07, 6.45) is 0.370. The monoisotopic (exact) mass is 233 g/mol. The first-order valence-electron chi connectivity index (χ1n) is 4.29. The summed E-state index contributed by atoms with van der Waals surface area (Å²) in [6.45, 7) is 6.23. The summed E-state index contributed by atoms with van der Waals surface area (Å²) < 4.78 is 4.81. The van der Waals surface area contributed by atoms with Gasteiger partial charge in [0.1, 0.15) is 6.07 Å². The highest BCUT2D eigenvalue weighted by Crippen LogP contribution is 2.35. The van der Waals surface area contributed by atoms with Gasteiger partial charge in [-0.3, -0.25) is 4.79 Å². The van der Waals surface area contributed by atoms with E-state index >= 15 is 0 Å². The summed E-state index contributed by atoms with van der Waals surface area (Å²) >= 11 is 0. The maximum atomic E-state index is 10.9. The summed E-state index contributed by atoms with van der Waals surface area (Å²) in [7, 11) is 3.40. The number of nitrogens with zero attached hydrogens (tertiary/aromatic N) is 1. The van der Waals surface area contributed by atoms with E-state index in [1.165, 1.54) is 0 Å². The zero-order valence-corrected chi connectivity index (χ0v) is 10.3. The largest absolute Gasteiger partial charge is 0.450 e. The molecule has 0 aromatic heterocycles. The van der Waals surface area contributed by atoms with E-state index in [1.54, 1.807) is 27.7 Å². The van der Waals surface area contributed by atoms with Gasteiger partial charge in [-0.15, -0.1) is 0 Å². The minimum Gasteiger partial charge on any atom is -0.450 e. The van der Waals surface area contributed by atoms with Crippen LogP contribution in [-0.2, 0) is 9.53 Å². The van der Waals surface area contributed by atoms with Gasteiger partial charge in [0.25, 0.3) is 0 Å². The van der Waals surface area contributed by atoms with Crippen molar-refractivity contribution in [2.45, 2.75) is 31.9 Å². The Balaban J connectivity index is 3.37. The van der Waals surface area contributed by atoms with Crippen LogP contribution in [0.2, 0.25) is 0 Å². The first-order valence-corrected chi connectivity index (χ1v) is 6.61. The molecule has 0 spiro atoms. The highest BCUT2D eigenvalue weighted by molar-refractivity contribution is 8.77. The highest BCUT2D eigenvalue weighted by atomic mass is 33.1. The molecule has 0 aliphatic heterocycles. The van der Waals surface area contributed by atoms with Crippen molar-refractivity contribution in [3.63, 3.8) is 0 Å². The fraction of sp³-hybridized carbons (Fsp3) is 0.778. The molecule has 5 heteroatoms. The Hall–Kier alpha value is -0.340. The fourth-order valence-corrected chi connectivity index (χ4v) is 2.78. The van der Waals surface area contributed by atoms with Crippen LogP contribution in [-0.4, -0.2) is 23.1 Å². The fourth-order valence-electron chi connectivity index (χ4n) is 0.528.